The predicted molar refractivity (Wildman–Crippen MR) is 72.0 cm³/mol. The Morgan fingerprint density at radius 3 is 2.67 bits per heavy atom. The van der Waals surface area contributed by atoms with Crippen molar-refractivity contribution in [2.45, 2.75) is 6.54 Å². The Balaban J connectivity index is 2.10. The van der Waals surface area contributed by atoms with Gasteiger partial charge < -0.3 is 4.90 Å². The lowest BCUT2D eigenvalue weighted by atomic mass is 10.2. The number of hydrogen-bond donors (Lipinski definition) is 0. The van der Waals surface area contributed by atoms with Crippen LogP contribution in [0, 0.1) is 0 Å². The number of carbonyl (C=O) groups is 1. The quantitative estimate of drug-likeness (QED) is 0.819. The number of hydrogen-bond acceptors (Lipinski definition) is 3. The van der Waals surface area contributed by atoms with Crippen LogP contribution in [0.5, 0.6) is 0 Å². The number of pyridine rings is 2. The van der Waals surface area contributed by atoms with Crippen molar-refractivity contribution in [3.05, 3.63) is 58.6 Å². The van der Waals surface area contributed by atoms with Crippen LogP contribution in [-0.4, -0.2) is 27.8 Å². The molecule has 0 aromatic carbocycles. The van der Waals surface area contributed by atoms with E-state index in [-0.39, 0.29) is 5.91 Å². The Morgan fingerprint density at radius 2 is 2.00 bits per heavy atom. The van der Waals surface area contributed by atoms with E-state index < -0.39 is 0 Å². The van der Waals surface area contributed by atoms with Crippen molar-refractivity contribution in [2.75, 3.05) is 7.05 Å². The van der Waals surface area contributed by atoms with Crippen molar-refractivity contribution < 1.29 is 4.79 Å². The van der Waals surface area contributed by atoms with Crippen molar-refractivity contribution in [1.29, 1.82) is 0 Å². The number of amides is 1. The van der Waals surface area contributed by atoms with E-state index in [1.807, 2.05) is 12.1 Å². The molecule has 1 amide bonds. The van der Waals surface area contributed by atoms with Crippen LogP contribution < -0.4 is 0 Å². The third-order valence-electron chi connectivity index (χ3n) is 2.49. The van der Waals surface area contributed by atoms with Gasteiger partial charge in [-0.15, -0.1) is 0 Å². The molecule has 0 unspecified atom stereocenters. The summed E-state index contributed by atoms with van der Waals surface area (Å²) in [5, 5.41) is 0. The molecule has 0 bridgehead atoms. The van der Waals surface area contributed by atoms with E-state index in [0.717, 1.165) is 5.56 Å². The fraction of sp³-hybridized carbons (Fsp3) is 0.154. The summed E-state index contributed by atoms with van der Waals surface area (Å²) in [4.78, 5) is 21.8. The Labute approximate surface area is 114 Å². The van der Waals surface area contributed by atoms with Gasteiger partial charge in [-0.05, 0) is 45.8 Å². The lowest BCUT2D eigenvalue weighted by Gasteiger charge is -2.17. The smallest absolute Gasteiger partial charge is 0.254 e. The second-order valence-electron chi connectivity index (χ2n) is 3.88. The fourth-order valence-corrected chi connectivity index (χ4v) is 1.95. The molecule has 0 aliphatic carbocycles. The minimum Gasteiger partial charge on any atom is -0.337 e. The highest BCUT2D eigenvalue weighted by Crippen LogP contribution is 2.11. The minimum atomic E-state index is -0.0325. The van der Waals surface area contributed by atoms with E-state index in [4.69, 9.17) is 0 Å². The van der Waals surface area contributed by atoms with Gasteiger partial charge in [-0.1, -0.05) is 0 Å². The molecule has 0 atom stereocenters. The maximum absolute atomic E-state index is 12.2. The van der Waals surface area contributed by atoms with Gasteiger partial charge in [-0.25, -0.2) is 4.98 Å². The van der Waals surface area contributed by atoms with Crippen LogP contribution in [-0.2, 0) is 6.54 Å². The number of rotatable bonds is 3. The van der Waals surface area contributed by atoms with Gasteiger partial charge in [-0.3, -0.25) is 9.78 Å². The predicted octanol–water partition coefficient (Wildman–Crippen LogP) is 2.51. The summed E-state index contributed by atoms with van der Waals surface area (Å²) in [5.41, 5.74) is 1.67. The van der Waals surface area contributed by atoms with Crippen molar-refractivity contribution in [3.63, 3.8) is 0 Å². The second kappa shape index (κ2) is 5.73. The van der Waals surface area contributed by atoms with Crippen LogP contribution in [0.4, 0.5) is 0 Å². The molecule has 18 heavy (non-hydrogen) atoms. The minimum absolute atomic E-state index is 0.0325. The molecular weight excluding hydrogens is 294 g/mol. The molecule has 0 radical (unpaired) electrons. The molecule has 2 heterocycles. The number of nitrogens with zero attached hydrogens (tertiary/aromatic N) is 3. The first-order valence-corrected chi connectivity index (χ1v) is 6.22. The molecule has 0 spiro atoms. The van der Waals surface area contributed by atoms with Gasteiger partial charge in [-0.2, -0.15) is 0 Å². The first-order valence-electron chi connectivity index (χ1n) is 5.43. The summed E-state index contributed by atoms with van der Waals surface area (Å²) in [6, 6.07) is 7.21. The third kappa shape index (κ3) is 3.13. The SMILES string of the molecule is CN(Cc1ccncc1)C(=O)c1ccnc(Br)c1. The molecule has 0 aliphatic rings. The zero-order chi connectivity index (χ0) is 13.0. The first-order chi connectivity index (χ1) is 8.66. The van der Waals surface area contributed by atoms with Crippen molar-refractivity contribution in [1.82, 2.24) is 14.9 Å². The van der Waals surface area contributed by atoms with Gasteiger partial charge in [0.25, 0.3) is 5.91 Å². The third-order valence-corrected chi connectivity index (χ3v) is 2.92. The van der Waals surface area contributed by atoms with E-state index in [1.54, 1.807) is 42.7 Å². The van der Waals surface area contributed by atoms with Gasteiger partial charge in [0.1, 0.15) is 4.60 Å². The lowest BCUT2D eigenvalue weighted by Crippen LogP contribution is -2.26. The summed E-state index contributed by atoms with van der Waals surface area (Å²) < 4.78 is 0.658. The Hall–Kier alpha value is -1.75. The molecule has 0 N–H and O–H groups in total. The topological polar surface area (TPSA) is 46.1 Å². The number of halogens is 1. The summed E-state index contributed by atoms with van der Waals surface area (Å²) >= 11 is 3.26. The monoisotopic (exact) mass is 305 g/mol. The van der Waals surface area contributed by atoms with Crippen molar-refractivity contribution >= 4 is 21.8 Å². The van der Waals surface area contributed by atoms with Crippen molar-refractivity contribution in [2.24, 2.45) is 0 Å². The lowest BCUT2D eigenvalue weighted by molar-refractivity contribution is 0.0785. The Bertz CT molecular complexity index is 545. The molecule has 2 aromatic rings. The maximum atomic E-state index is 12.2. The Kier molecular flexibility index (Phi) is 4.04. The molecule has 0 saturated carbocycles. The normalized spacial score (nSPS) is 10.1. The van der Waals surface area contributed by atoms with Crippen LogP contribution in [0.1, 0.15) is 15.9 Å². The largest absolute Gasteiger partial charge is 0.337 e. The van der Waals surface area contributed by atoms with E-state index in [0.29, 0.717) is 16.7 Å². The summed E-state index contributed by atoms with van der Waals surface area (Å²) in [5.74, 6) is -0.0325. The summed E-state index contributed by atoms with van der Waals surface area (Å²) in [6.07, 6.45) is 5.05. The zero-order valence-corrected chi connectivity index (χ0v) is 11.5. The molecule has 0 aliphatic heterocycles. The Morgan fingerprint density at radius 1 is 1.28 bits per heavy atom. The van der Waals surface area contributed by atoms with Gasteiger partial charge in [0, 0.05) is 37.7 Å². The maximum Gasteiger partial charge on any atom is 0.254 e. The van der Waals surface area contributed by atoms with Crippen LogP contribution >= 0.6 is 15.9 Å². The van der Waals surface area contributed by atoms with Gasteiger partial charge in [0.2, 0.25) is 0 Å². The fourth-order valence-electron chi connectivity index (χ4n) is 1.59. The van der Waals surface area contributed by atoms with E-state index >= 15 is 0 Å². The van der Waals surface area contributed by atoms with Crippen molar-refractivity contribution in [3.8, 4) is 0 Å². The molecule has 92 valence electrons. The van der Waals surface area contributed by atoms with E-state index in [2.05, 4.69) is 25.9 Å². The number of carbonyl (C=O) groups excluding carboxylic acids is 1. The molecule has 0 saturated heterocycles. The highest BCUT2D eigenvalue weighted by Gasteiger charge is 2.12. The highest BCUT2D eigenvalue weighted by atomic mass is 79.9. The van der Waals surface area contributed by atoms with Crippen LogP contribution in [0.15, 0.2) is 47.5 Å². The van der Waals surface area contributed by atoms with Gasteiger partial charge in [0.05, 0.1) is 0 Å². The average molecular weight is 306 g/mol. The highest BCUT2D eigenvalue weighted by molar-refractivity contribution is 9.10. The van der Waals surface area contributed by atoms with Crippen LogP contribution in [0.25, 0.3) is 0 Å². The first kappa shape index (κ1) is 12.7. The summed E-state index contributed by atoms with van der Waals surface area (Å²) in [7, 11) is 1.77. The molecular formula is C13H12BrN3O. The van der Waals surface area contributed by atoms with Gasteiger partial charge >= 0.3 is 0 Å². The zero-order valence-electron chi connectivity index (χ0n) is 9.88. The molecule has 0 fully saturated rings. The van der Waals surface area contributed by atoms with Crippen LogP contribution in [0.3, 0.4) is 0 Å². The standard InChI is InChI=1S/C13H12BrN3O/c1-17(9-10-2-5-15-6-3-10)13(18)11-4-7-16-12(14)8-11/h2-8H,9H2,1H3. The molecule has 5 heteroatoms. The average Bonchev–Trinajstić information content (AvgIpc) is 2.39. The van der Waals surface area contributed by atoms with E-state index in [1.165, 1.54) is 0 Å². The second-order valence-corrected chi connectivity index (χ2v) is 4.70. The van der Waals surface area contributed by atoms with Crippen LogP contribution in [0.2, 0.25) is 0 Å². The summed E-state index contributed by atoms with van der Waals surface area (Å²) in [6.45, 7) is 0.557. The molecule has 4 nitrogen and oxygen atoms in total. The molecule has 2 rings (SSSR count). The van der Waals surface area contributed by atoms with Gasteiger partial charge in [0.15, 0.2) is 0 Å². The number of aromatic nitrogens is 2. The van der Waals surface area contributed by atoms with E-state index in [9.17, 15) is 4.79 Å². The molecule has 2 aromatic heterocycles.